The Morgan fingerprint density at radius 2 is 1.93 bits per heavy atom. The molecule has 0 aliphatic carbocycles. The van der Waals surface area contributed by atoms with Crippen molar-refractivity contribution in [3.05, 3.63) is 59.7 Å². The van der Waals surface area contributed by atoms with Crippen LogP contribution in [0.25, 0.3) is 0 Å². The molecule has 1 saturated heterocycles. The molecule has 1 fully saturated rings. The molecule has 0 bridgehead atoms. The minimum atomic E-state index is -0.239. The van der Waals surface area contributed by atoms with E-state index in [-0.39, 0.29) is 17.9 Å². The van der Waals surface area contributed by atoms with Crippen LogP contribution in [0.2, 0.25) is 0 Å². The zero-order valence-corrected chi connectivity index (χ0v) is 16.1. The van der Waals surface area contributed by atoms with Gasteiger partial charge in [0.25, 0.3) is 11.8 Å². The first-order valence-corrected chi connectivity index (χ1v) is 9.70. The first-order chi connectivity index (χ1) is 13.7. The number of hydrogen-bond donors (Lipinski definition) is 2. The van der Waals surface area contributed by atoms with Crippen molar-refractivity contribution < 1.29 is 19.1 Å². The van der Waals surface area contributed by atoms with Crippen molar-refractivity contribution in [3.8, 4) is 5.75 Å². The average molecular weight is 382 g/mol. The molecule has 28 heavy (non-hydrogen) atoms. The van der Waals surface area contributed by atoms with Gasteiger partial charge in [-0.3, -0.25) is 9.59 Å². The SMILES string of the molecule is CCCNC(=O)c1cccc(NC(=O)c2ccc(OCC3CCCO3)cc2)c1. The molecule has 0 radical (unpaired) electrons. The lowest BCUT2D eigenvalue weighted by atomic mass is 10.1. The highest BCUT2D eigenvalue weighted by Crippen LogP contribution is 2.18. The number of nitrogens with one attached hydrogen (secondary N) is 2. The molecule has 2 aromatic carbocycles. The lowest BCUT2D eigenvalue weighted by molar-refractivity contribution is 0.0679. The van der Waals surface area contributed by atoms with E-state index in [4.69, 9.17) is 9.47 Å². The predicted molar refractivity (Wildman–Crippen MR) is 108 cm³/mol. The fourth-order valence-electron chi connectivity index (χ4n) is 2.95. The Morgan fingerprint density at radius 1 is 1.11 bits per heavy atom. The van der Waals surface area contributed by atoms with Gasteiger partial charge in [0.1, 0.15) is 12.4 Å². The van der Waals surface area contributed by atoms with E-state index in [1.807, 2.05) is 6.92 Å². The van der Waals surface area contributed by atoms with Crippen LogP contribution in [0, 0.1) is 0 Å². The van der Waals surface area contributed by atoms with Gasteiger partial charge in [0, 0.05) is 30.0 Å². The van der Waals surface area contributed by atoms with Crippen LogP contribution in [0.3, 0.4) is 0 Å². The molecule has 1 atom stereocenters. The minimum absolute atomic E-state index is 0.148. The zero-order valence-electron chi connectivity index (χ0n) is 16.1. The summed E-state index contributed by atoms with van der Waals surface area (Å²) in [6.45, 7) is 3.94. The number of rotatable bonds is 8. The van der Waals surface area contributed by atoms with Gasteiger partial charge in [-0.25, -0.2) is 0 Å². The van der Waals surface area contributed by atoms with Gasteiger partial charge < -0.3 is 20.1 Å². The van der Waals surface area contributed by atoms with Crippen molar-refractivity contribution >= 4 is 17.5 Å². The molecule has 6 nitrogen and oxygen atoms in total. The summed E-state index contributed by atoms with van der Waals surface area (Å²) >= 11 is 0. The summed E-state index contributed by atoms with van der Waals surface area (Å²) in [5, 5.41) is 5.65. The normalized spacial score (nSPS) is 15.8. The van der Waals surface area contributed by atoms with Gasteiger partial charge in [-0.2, -0.15) is 0 Å². The van der Waals surface area contributed by atoms with Gasteiger partial charge in [0.2, 0.25) is 0 Å². The van der Waals surface area contributed by atoms with Crippen molar-refractivity contribution in [2.75, 3.05) is 25.1 Å². The highest BCUT2D eigenvalue weighted by molar-refractivity contribution is 6.05. The van der Waals surface area contributed by atoms with Crippen LogP contribution in [0.1, 0.15) is 46.9 Å². The molecule has 148 valence electrons. The molecule has 0 saturated carbocycles. The minimum Gasteiger partial charge on any atom is -0.491 e. The van der Waals surface area contributed by atoms with Crippen LogP contribution >= 0.6 is 0 Å². The van der Waals surface area contributed by atoms with Crippen LogP contribution in [-0.4, -0.2) is 37.7 Å². The fraction of sp³-hybridized carbons (Fsp3) is 0.364. The number of ether oxygens (including phenoxy) is 2. The zero-order chi connectivity index (χ0) is 19.8. The Kier molecular flexibility index (Phi) is 7.03. The molecular weight excluding hydrogens is 356 g/mol. The van der Waals surface area contributed by atoms with Crippen molar-refractivity contribution in [2.45, 2.75) is 32.3 Å². The van der Waals surface area contributed by atoms with E-state index < -0.39 is 0 Å². The quantitative estimate of drug-likeness (QED) is 0.731. The van der Waals surface area contributed by atoms with Gasteiger partial charge in [0.15, 0.2) is 0 Å². The van der Waals surface area contributed by atoms with E-state index in [0.29, 0.717) is 35.7 Å². The first-order valence-electron chi connectivity index (χ1n) is 9.70. The molecule has 3 rings (SSSR count). The van der Waals surface area contributed by atoms with Crippen LogP contribution < -0.4 is 15.4 Å². The third-order valence-corrected chi connectivity index (χ3v) is 4.49. The topological polar surface area (TPSA) is 76.7 Å². The van der Waals surface area contributed by atoms with E-state index in [0.717, 1.165) is 25.9 Å². The van der Waals surface area contributed by atoms with Crippen molar-refractivity contribution in [1.82, 2.24) is 5.32 Å². The Bertz CT molecular complexity index is 798. The van der Waals surface area contributed by atoms with E-state index in [9.17, 15) is 9.59 Å². The lowest BCUT2D eigenvalue weighted by Gasteiger charge is -2.12. The summed E-state index contributed by atoms with van der Waals surface area (Å²) in [5.41, 5.74) is 1.61. The van der Waals surface area contributed by atoms with E-state index in [1.165, 1.54) is 0 Å². The third kappa shape index (κ3) is 5.57. The van der Waals surface area contributed by atoms with E-state index >= 15 is 0 Å². The smallest absolute Gasteiger partial charge is 0.255 e. The Morgan fingerprint density at radius 3 is 2.64 bits per heavy atom. The number of hydrogen-bond acceptors (Lipinski definition) is 4. The molecule has 1 aliphatic heterocycles. The maximum atomic E-state index is 12.5. The second kappa shape index (κ2) is 9.90. The van der Waals surface area contributed by atoms with Gasteiger partial charge in [-0.1, -0.05) is 13.0 Å². The van der Waals surface area contributed by atoms with Gasteiger partial charge >= 0.3 is 0 Å². The van der Waals surface area contributed by atoms with E-state index in [1.54, 1.807) is 48.5 Å². The number of anilines is 1. The van der Waals surface area contributed by atoms with Crippen LogP contribution in [0.5, 0.6) is 5.75 Å². The summed E-state index contributed by atoms with van der Waals surface area (Å²) in [6, 6.07) is 13.9. The summed E-state index contributed by atoms with van der Waals surface area (Å²) in [6.07, 6.45) is 3.13. The molecular formula is C22H26N2O4. The summed E-state index contributed by atoms with van der Waals surface area (Å²) in [4.78, 5) is 24.5. The summed E-state index contributed by atoms with van der Waals surface area (Å²) in [7, 11) is 0. The molecule has 6 heteroatoms. The molecule has 2 aromatic rings. The molecule has 1 heterocycles. The molecule has 0 aromatic heterocycles. The molecule has 1 aliphatic rings. The van der Waals surface area contributed by atoms with Crippen LogP contribution in [-0.2, 0) is 4.74 Å². The number of amides is 2. The van der Waals surface area contributed by atoms with Crippen LogP contribution in [0.15, 0.2) is 48.5 Å². The van der Waals surface area contributed by atoms with Crippen molar-refractivity contribution in [2.24, 2.45) is 0 Å². The average Bonchev–Trinajstić information content (AvgIpc) is 3.24. The predicted octanol–water partition coefficient (Wildman–Crippen LogP) is 3.64. The highest BCUT2D eigenvalue weighted by Gasteiger charge is 2.16. The second-order valence-corrected chi connectivity index (χ2v) is 6.76. The summed E-state index contributed by atoms with van der Waals surface area (Å²) in [5.74, 6) is 0.323. The van der Waals surface area contributed by atoms with Crippen molar-refractivity contribution in [1.29, 1.82) is 0 Å². The van der Waals surface area contributed by atoms with Crippen molar-refractivity contribution in [3.63, 3.8) is 0 Å². The Labute approximate surface area is 165 Å². The fourth-order valence-corrected chi connectivity index (χ4v) is 2.95. The van der Waals surface area contributed by atoms with Crippen LogP contribution in [0.4, 0.5) is 5.69 Å². The van der Waals surface area contributed by atoms with E-state index in [2.05, 4.69) is 10.6 Å². The standard InChI is InChI=1S/C22H26N2O4/c1-2-12-23-21(25)17-5-3-6-18(14-17)24-22(26)16-8-10-19(11-9-16)28-15-20-7-4-13-27-20/h3,5-6,8-11,14,20H,2,4,7,12-13,15H2,1H3,(H,23,25)(H,24,26). The Balaban J connectivity index is 1.56. The summed E-state index contributed by atoms with van der Waals surface area (Å²) < 4.78 is 11.2. The third-order valence-electron chi connectivity index (χ3n) is 4.49. The number of carbonyl (C=O) groups excluding carboxylic acids is 2. The Hall–Kier alpha value is -2.86. The molecule has 2 amide bonds. The first kappa shape index (κ1) is 19.9. The maximum Gasteiger partial charge on any atom is 0.255 e. The largest absolute Gasteiger partial charge is 0.491 e. The number of carbonyl (C=O) groups is 2. The second-order valence-electron chi connectivity index (χ2n) is 6.76. The maximum absolute atomic E-state index is 12.5. The monoisotopic (exact) mass is 382 g/mol. The van der Waals surface area contributed by atoms with Gasteiger partial charge in [-0.15, -0.1) is 0 Å². The lowest BCUT2D eigenvalue weighted by Crippen LogP contribution is -2.24. The number of benzene rings is 2. The highest BCUT2D eigenvalue weighted by atomic mass is 16.5. The molecule has 0 spiro atoms. The molecule has 2 N–H and O–H groups in total. The van der Waals surface area contributed by atoms with Gasteiger partial charge in [0.05, 0.1) is 6.10 Å². The molecule has 1 unspecified atom stereocenters. The van der Waals surface area contributed by atoms with Gasteiger partial charge in [-0.05, 0) is 61.7 Å².